The van der Waals surface area contributed by atoms with Gasteiger partial charge in [0.05, 0.1) is 13.2 Å². The highest BCUT2D eigenvalue weighted by molar-refractivity contribution is 5.84. The highest BCUT2D eigenvalue weighted by Crippen LogP contribution is 2.30. The fraction of sp³-hybridized carbons (Fsp3) is 0.439. The molecule has 3 aromatic carbocycles. The lowest BCUT2D eigenvalue weighted by Crippen LogP contribution is -1.97. The molecule has 236 valence electrons. The molecule has 0 N–H and O–H groups in total. The zero-order valence-electron chi connectivity index (χ0n) is 26.9. The Kier molecular flexibility index (Phi) is 17.4. The topological polar surface area (TPSA) is 35.5 Å². The molecule has 0 atom stereocenters. The molecular formula is C41H54O3. The van der Waals surface area contributed by atoms with Gasteiger partial charge in [-0.3, -0.25) is 4.79 Å². The van der Waals surface area contributed by atoms with Gasteiger partial charge in [0.1, 0.15) is 17.8 Å². The standard InChI is InChI=1S/C41H54O3/c1-3-5-7-9-11-13-15-17-19-29-43-40-25-21-36(22-26-40)38-31-35(34-42)32-39(33-38)37-23-27-41(28-24-37)44-30-20-18-16-14-12-10-8-6-4-2/h3-4,21-28,31-34H,1-2,5-20,29-30H2. The van der Waals surface area contributed by atoms with Gasteiger partial charge >= 0.3 is 0 Å². The molecule has 0 radical (unpaired) electrons. The quantitative estimate of drug-likeness (QED) is 0.0556. The Labute approximate surface area is 267 Å². The van der Waals surface area contributed by atoms with Crippen molar-refractivity contribution in [2.75, 3.05) is 13.2 Å². The van der Waals surface area contributed by atoms with Crippen LogP contribution in [0.2, 0.25) is 0 Å². The third-order valence-electron chi connectivity index (χ3n) is 8.11. The second-order valence-electron chi connectivity index (χ2n) is 11.8. The minimum Gasteiger partial charge on any atom is -0.494 e. The summed E-state index contributed by atoms with van der Waals surface area (Å²) in [7, 11) is 0. The predicted octanol–water partition coefficient (Wildman–Crippen LogP) is 12.2. The number of hydrogen-bond acceptors (Lipinski definition) is 3. The Hall–Kier alpha value is -3.59. The van der Waals surface area contributed by atoms with Crippen LogP contribution in [-0.2, 0) is 0 Å². The maximum absolute atomic E-state index is 11.8. The molecular weight excluding hydrogens is 540 g/mol. The zero-order chi connectivity index (χ0) is 31.1. The average Bonchev–Trinajstić information content (AvgIpc) is 3.06. The Bertz CT molecular complexity index is 1120. The molecule has 0 aliphatic heterocycles. The summed E-state index contributed by atoms with van der Waals surface area (Å²) in [6.07, 6.45) is 24.8. The van der Waals surface area contributed by atoms with Crippen molar-refractivity contribution < 1.29 is 14.3 Å². The molecule has 0 aromatic heterocycles. The summed E-state index contributed by atoms with van der Waals surface area (Å²) in [5, 5.41) is 0. The van der Waals surface area contributed by atoms with E-state index in [4.69, 9.17) is 9.47 Å². The third-order valence-corrected chi connectivity index (χ3v) is 8.11. The molecule has 0 fully saturated rings. The molecule has 44 heavy (non-hydrogen) atoms. The Morgan fingerprint density at radius 2 is 0.818 bits per heavy atom. The number of benzene rings is 3. The van der Waals surface area contributed by atoms with Gasteiger partial charge < -0.3 is 9.47 Å². The molecule has 0 heterocycles. The minimum atomic E-state index is 0.666. The number of carbonyl (C=O) groups is 1. The fourth-order valence-electron chi connectivity index (χ4n) is 5.47. The van der Waals surface area contributed by atoms with Crippen molar-refractivity contribution >= 4 is 6.29 Å². The van der Waals surface area contributed by atoms with E-state index in [1.807, 2.05) is 48.6 Å². The number of rotatable bonds is 25. The van der Waals surface area contributed by atoms with E-state index < -0.39 is 0 Å². The number of hydrogen-bond donors (Lipinski definition) is 0. The zero-order valence-corrected chi connectivity index (χ0v) is 26.9. The van der Waals surface area contributed by atoms with E-state index in [9.17, 15) is 4.79 Å². The lowest BCUT2D eigenvalue weighted by Gasteiger charge is -2.11. The van der Waals surface area contributed by atoms with E-state index in [1.54, 1.807) is 0 Å². The van der Waals surface area contributed by atoms with Gasteiger partial charge in [-0.25, -0.2) is 0 Å². The van der Waals surface area contributed by atoms with Crippen LogP contribution >= 0.6 is 0 Å². The maximum atomic E-state index is 11.8. The van der Waals surface area contributed by atoms with Gasteiger partial charge in [0.2, 0.25) is 0 Å². The Morgan fingerprint density at radius 3 is 1.18 bits per heavy atom. The molecule has 0 unspecified atom stereocenters. The number of ether oxygens (including phenoxy) is 2. The summed E-state index contributed by atoms with van der Waals surface area (Å²) in [5.74, 6) is 1.78. The van der Waals surface area contributed by atoms with E-state index in [-0.39, 0.29) is 0 Å². The molecule has 0 aliphatic carbocycles. The Balaban J connectivity index is 1.43. The van der Waals surface area contributed by atoms with E-state index in [2.05, 4.69) is 43.5 Å². The van der Waals surface area contributed by atoms with Crippen molar-refractivity contribution in [3.8, 4) is 33.8 Å². The van der Waals surface area contributed by atoms with Crippen LogP contribution in [0.25, 0.3) is 22.3 Å². The van der Waals surface area contributed by atoms with Gasteiger partial charge in [-0.2, -0.15) is 0 Å². The van der Waals surface area contributed by atoms with E-state index in [0.29, 0.717) is 5.56 Å². The van der Waals surface area contributed by atoms with Crippen LogP contribution in [0, 0.1) is 0 Å². The summed E-state index contributed by atoms with van der Waals surface area (Å²) in [6, 6.07) is 22.4. The Morgan fingerprint density at radius 1 is 0.455 bits per heavy atom. The van der Waals surface area contributed by atoms with Crippen molar-refractivity contribution in [2.24, 2.45) is 0 Å². The summed E-state index contributed by atoms with van der Waals surface area (Å²) in [5.41, 5.74) is 4.83. The van der Waals surface area contributed by atoms with Crippen LogP contribution in [0.4, 0.5) is 0 Å². The molecule has 0 saturated heterocycles. The summed E-state index contributed by atoms with van der Waals surface area (Å²) in [4.78, 5) is 11.8. The minimum absolute atomic E-state index is 0.666. The lowest BCUT2D eigenvalue weighted by atomic mass is 9.96. The largest absolute Gasteiger partial charge is 0.494 e. The van der Waals surface area contributed by atoms with Crippen LogP contribution in [0.15, 0.2) is 92.0 Å². The highest BCUT2D eigenvalue weighted by atomic mass is 16.5. The second kappa shape index (κ2) is 22.0. The molecule has 0 saturated carbocycles. The van der Waals surface area contributed by atoms with Crippen molar-refractivity contribution in [1.29, 1.82) is 0 Å². The third kappa shape index (κ3) is 13.8. The first-order valence-electron chi connectivity index (χ1n) is 17.0. The summed E-state index contributed by atoms with van der Waals surface area (Å²) >= 11 is 0. The van der Waals surface area contributed by atoms with E-state index >= 15 is 0 Å². The van der Waals surface area contributed by atoms with E-state index in [0.717, 1.165) is 78.9 Å². The molecule has 0 amide bonds. The van der Waals surface area contributed by atoms with Crippen LogP contribution < -0.4 is 9.47 Å². The van der Waals surface area contributed by atoms with Crippen LogP contribution in [0.1, 0.15) is 113 Å². The molecule has 0 spiro atoms. The van der Waals surface area contributed by atoms with Gasteiger partial charge in [0.15, 0.2) is 0 Å². The van der Waals surface area contributed by atoms with Gasteiger partial charge in [-0.1, -0.05) is 101 Å². The number of allylic oxidation sites excluding steroid dienone is 2. The number of aldehydes is 1. The number of carbonyl (C=O) groups excluding carboxylic acids is 1. The van der Waals surface area contributed by atoms with Gasteiger partial charge in [-0.05, 0) is 103 Å². The highest BCUT2D eigenvalue weighted by Gasteiger charge is 2.07. The van der Waals surface area contributed by atoms with Crippen molar-refractivity contribution in [3.63, 3.8) is 0 Å². The molecule has 3 nitrogen and oxygen atoms in total. The van der Waals surface area contributed by atoms with Crippen molar-refractivity contribution in [2.45, 2.75) is 103 Å². The molecule has 3 heteroatoms. The summed E-state index contributed by atoms with van der Waals surface area (Å²) in [6.45, 7) is 9.07. The fourth-order valence-corrected chi connectivity index (χ4v) is 5.47. The second-order valence-corrected chi connectivity index (χ2v) is 11.8. The van der Waals surface area contributed by atoms with Gasteiger partial charge in [-0.15, -0.1) is 13.2 Å². The van der Waals surface area contributed by atoms with Crippen LogP contribution in [-0.4, -0.2) is 19.5 Å². The van der Waals surface area contributed by atoms with Crippen LogP contribution in [0.5, 0.6) is 11.5 Å². The summed E-state index contributed by atoms with van der Waals surface area (Å²) < 4.78 is 12.0. The normalized spacial score (nSPS) is 10.8. The van der Waals surface area contributed by atoms with Gasteiger partial charge in [0, 0.05) is 5.56 Å². The molecule has 0 bridgehead atoms. The molecule has 0 aliphatic rings. The average molecular weight is 595 g/mol. The molecule has 3 aromatic rings. The number of unbranched alkanes of at least 4 members (excludes halogenated alkanes) is 14. The molecule has 3 rings (SSSR count). The first kappa shape index (κ1) is 34.9. The van der Waals surface area contributed by atoms with Crippen molar-refractivity contribution in [1.82, 2.24) is 0 Å². The smallest absolute Gasteiger partial charge is 0.150 e. The first-order valence-corrected chi connectivity index (χ1v) is 17.0. The maximum Gasteiger partial charge on any atom is 0.150 e. The lowest BCUT2D eigenvalue weighted by molar-refractivity contribution is 0.112. The van der Waals surface area contributed by atoms with Gasteiger partial charge in [0.25, 0.3) is 0 Å². The monoisotopic (exact) mass is 594 g/mol. The first-order chi connectivity index (χ1) is 21.7. The SMILES string of the molecule is C=CCCCCCCCCCOc1ccc(-c2cc(C=O)cc(-c3ccc(OCCCCCCCCCC=C)cc3)c2)cc1. The predicted molar refractivity (Wildman–Crippen MR) is 188 cm³/mol. The van der Waals surface area contributed by atoms with Crippen molar-refractivity contribution in [3.05, 3.63) is 97.6 Å². The van der Waals surface area contributed by atoms with E-state index in [1.165, 1.54) is 77.0 Å². The van der Waals surface area contributed by atoms with Crippen LogP contribution in [0.3, 0.4) is 0 Å².